The second kappa shape index (κ2) is 8.57. The van der Waals surface area contributed by atoms with Crippen molar-refractivity contribution in [1.29, 1.82) is 0 Å². The first-order valence-electron chi connectivity index (χ1n) is 10.2. The van der Waals surface area contributed by atoms with E-state index in [0.29, 0.717) is 12.4 Å². The van der Waals surface area contributed by atoms with Gasteiger partial charge in [-0.3, -0.25) is 0 Å². The summed E-state index contributed by atoms with van der Waals surface area (Å²) in [5.74, 6) is 0.589. The van der Waals surface area contributed by atoms with Crippen molar-refractivity contribution in [3.8, 4) is 5.88 Å². The monoisotopic (exact) mass is 400 g/mol. The van der Waals surface area contributed by atoms with Crippen molar-refractivity contribution in [2.24, 2.45) is 0 Å². The first kappa shape index (κ1) is 21.4. The number of rotatable bonds is 4. The van der Waals surface area contributed by atoms with Crippen molar-refractivity contribution in [3.05, 3.63) is 35.9 Å². The van der Waals surface area contributed by atoms with Crippen molar-refractivity contribution in [2.45, 2.75) is 77.9 Å². The van der Waals surface area contributed by atoms with Gasteiger partial charge >= 0.3 is 6.09 Å². The number of nitrogens with zero attached hydrogens (tertiary/aromatic N) is 2. The van der Waals surface area contributed by atoms with Crippen LogP contribution in [0.1, 0.15) is 53.0 Å². The van der Waals surface area contributed by atoms with Gasteiger partial charge in [-0.1, -0.05) is 6.07 Å². The molecule has 1 aliphatic rings. The lowest BCUT2D eigenvalue weighted by molar-refractivity contribution is -0.0691. The van der Waals surface area contributed by atoms with Gasteiger partial charge in [-0.15, -0.1) is 0 Å². The molecule has 3 rings (SSSR count). The van der Waals surface area contributed by atoms with E-state index in [1.165, 1.54) is 0 Å². The lowest BCUT2D eigenvalue weighted by Crippen LogP contribution is -2.48. The molecule has 2 aromatic rings. The Bertz CT molecular complexity index is 852. The summed E-state index contributed by atoms with van der Waals surface area (Å²) >= 11 is 0. The largest absolute Gasteiger partial charge is 0.481 e. The average Bonchev–Trinajstić information content (AvgIpc) is 2.63. The van der Waals surface area contributed by atoms with Crippen molar-refractivity contribution in [1.82, 2.24) is 9.88 Å². The molecule has 2 heterocycles. The van der Waals surface area contributed by atoms with Gasteiger partial charge in [0.2, 0.25) is 5.88 Å². The molecule has 1 amide bonds. The van der Waals surface area contributed by atoms with Gasteiger partial charge in [-0.05, 0) is 71.2 Å². The van der Waals surface area contributed by atoms with Crippen molar-refractivity contribution >= 4 is 17.0 Å². The molecule has 0 bridgehead atoms. The van der Waals surface area contributed by atoms with Gasteiger partial charge in [0, 0.05) is 24.0 Å². The summed E-state index contributed by atoms with van der Waals surface area (Å²) in [6, 6.07) is 9.97. The normalized spacial score (nSPS) is 22.3. The SMILES string of the molecule is COc1ccc2cc(CN(C(=O)OC(C)(C)C)C3C[C@@H](C)O[C@H](C)C3)ccc2n1. The van der Waals surface area contributed by atoms with E-state index in [4.69, 9.17) is 14.2 Å². The Kier molecular flexibility index (Phi) is 6.32. The highest BCUT2D eigenvalue weighted by molar-refractivity contribution is 5.80. The molecule has 0 unspecified atom stereocenters. The molecule has 29 heavy (non-hydrogen) atoms. The second-order valence-corrected chi connectivity index (χ2v) is 8.87. The lowest BCUT2D eigenvalue weighted by atomic mass is 9.97. The lowest BCUT2D eigenvalue weighted by Gasteiger charge is -2.39. The Balaban J connectivity index is 1.87. The van der Waals surface area contributed by atoms with Gasteiger partial charge < -0.3 is 19.1 Å². The number of hydrogen-bond donors (Lipinski definition) is 0. The molecular weight excluding hydrogens is 368 g/mol. The minimum Gasteiger partial charge on any atom is -0.481 e. The summed E-state index contributed by atoms with van der Waals surface area (Å²) in [7, 11) is 1.61. The number of aromatic nitrogens is 1. The van der Waals surface area contributed by atoms with Gasteiger partial charge in [-0.2, -0.15) is 0 Å². The first-order chi connectivity index (χ1) is 13.6. The predicted octanol–water partition coefficient (Wildman–Crippen LogP) is 4.94. The Morgan fingerprint density at radius 2 is 1.86 bits per heavy atom. The number of methoxy groups -OCH3 is 1. The smallest absolute Gasteiger partial charge is 0.410 e. The molecule has 1 saturated heterocycles. The number of ether oxygens (including phenoxy) is 3. The summed E-state index contributed by atoms with van der Waals surface area (Å²) in [5, 5.41) is 1.01. The maximum Gasteiger partial charge on any atom is 0.410 e. The van der Waals surface area contributed by atoms with Gasteiger partial charge in [-0.25, -0.2) is 9.78 Å². The van der Waals surface area contributed by atoms with Crippen molar-refractivity contribution < 1.29 is 19.0 Å². The fourth-order valence-corrected chi connectivity index (χ4v) is 3.85. The second-order valence-electron chi connectivity index (χ2n) is 8.87. The van der Waals surface area contributed by atoms with Crippen molar-refractivity contribution in [2.75, 3.05) is 7.11 Å². The Morgan fingerprint density at radius 1 is 1.17 bits per heavy atom. The predicted molar refractivity (Wildman–Crippen MR) is 113 cm³/mol. The summed E-state index contributed by atoms with van der Waals surface area (Å²) in [6.45, 7) is 10.3. The van der Waals surface area contributed by atoms with Crippen LogP contribution in [0.4, 0.5) is 4.79 Å². The van der Waals surface area contributed by atoms with Gasteiger partial charge in [0.25, 0.3) is 0 Å². The van der Waals surface area contributed by atoms with E-state index in [9.17, 15) is 4.79 Å². The number of carbonyl (C=O) groups is 1. The zero-order valence-corrected chi connectivity index (χ0v) is 18.3. The Morgan fingerprint density at radius 3 is 2.48 bits per heavy atom. The number of hydrogen-bond acceptors (Lipinski definition) is 5. The van der Waals surface area contributed by atoms with Crippen LogP contribution in [0.25, 0.3) is 10.9 Å². The maximum absolute atomic E-state index is 13.1. The molecule has 6 heteroatoms. The van der Waals surface area contributed by atoms with E-state index in [-0.39, 0.29) is 24.3 Å². The van der Waals surface area contributed by atoms with Crippen LogP contribution in [-0.2, 0) is 16.0 Å². The molecule has 1 fully saturated rings. The van der Waals surface area contributed by atoms with E-state index in [1.54, 1.807) is 7.11 Å². The van der Waals surface area contributed by atoms with Crippen LogP contribution in [0.5, 0.6) is 5.88 Å². The van der Waals surface area contributed by atoms with Crippen LogP contribution in [-0.4, -0.2) is 46.9 Å². The Hall–Kier alpha value is -2.34. The summed E-state index contributed by atoms with van der Waals surface area (Å²) in [5.41, 5.74) is 1.37. The van der Waals surface area contributed by atoms with Crippen LogP contribution in [0.3, 0.4) is 0 Å². The van der Waals surface area contributed by atoms with E-state index in [0.717, 1.165) is 29.3 Å². The van der Waals surface area contributed by atoms with Crippen molar-refractivity contribution in [3.63, 3.8) is 0 Å². The third kappa shape index (κ3) is 5.60. The number of amides is 1. The van der Waals surface area contributed by atoms with E-state index < -0.39 is 5.60 Å². The topological polar surface area (TPSA) is 60.9 Å². The summed E-state index contributed by atoms with van der Waals surface area (Å²) in [6.07, 6.45) is 1.55. The quantitative estimate of drug-likeness (QED) is 0.728. The molecule has 0 aliphatic carbocycles. The third-order valence-corrected chi connectivity index (χ3v) is 5.03. The minimum atomic E-state index is -0.540. The molecule has 0 saturated carbocycles. The number of benzene rings is 1. The summed E-state index contributed by atoms with van der Waals surface area (Å²) in [4.78, 5) is 19.4. The molecule has 158 valence electrons. The van der Waals surface area contributed by atoms with Crippen LogP contribution in [0, 0.1) is 0 Å². The number of carbonyl (C=O) groups excluding carboxylic acids is 1. The Labute approximate surface area is 173 Å². The molecule has 1 aromatic heterocycles. The molecule has 6 nitrogen and oxygen atoms in total. The zero-order valence-electron chi connectivity index (χ0n) is 18.3. The van der Waals surface area contributed by atoms with Crippen LogP contribution < -0.4 is 4.74 Å². The molecule has 1 aromatic carbocycles. The molecule has 0 N–H and O–H groups in total. The highest BCUT2D eigenvalue weighted by Gasteiger charge is 2.34. The number of fused-ring (bicyclic) bond motifs is 1. The highest BCUT2D eigenvalue weighted by atomic mass is 16.6. The van der Waals surface area contributed by atoms with E-state index in [1.807, 2.05) is 49.9 Å². The fourth-order valence-electron chi connectivity index (χ4n) is 3.85. The standard InChI is InChI=1S/C23H32N2O4/c1-15-11-19(12-16(2)28-15)25(22(26)29-23(3,4)5)14-17-7-9-20-18(13-17)8-10-21(24-20)27-6/h7-10,13,15-16,19H,11-12,14H2,1-6H3/t15-,16-/m1/s1. The molecule has 2 atom stereocenters. The molecule has 1 aliphatic heterocycles. The van der Waals surface area contributed by atoms with E-state index in [2.05, 4.69) is 24.9 Å². The molecule has 0 radical (unpaired) electrons. The fraction of sp³-hybridized carbons (Fsp3) is 0.565. The third-order valence-electron chi connectivity index (χ3n) is 5.03. The first-order valence-corrected chi connectivity index (χ1v) is 10.2. The minimum absolute atomic E-state index is 0.0771. The highest BCUT2D eigenvalue weighted by Crippen LogP contribution is 2.27. The molecule has 0 spiro atoms. The molecular formula is C23H32N2O4. The zero-order chi connectivity index (χ0) is 21.2. The van der Waals surface area contributed by atoms with Gasteiger partial charge in [0.05, 0.1) is 24.8 Å². The van der Waals surface area contributed by atoms with Crippen LogP contribution in [0.2, 0.25) is 0 Å². The van der Waals surface area contributed by atoms with Crippen LogP contribution in [0.15, 0.2) is 30.3 Å². The van der Waals surface area contributed by atoms with Gasteiger partial charge in [0.15, 0.2) is 0 Å². The van der Waals surface area contributed by atoms with Crippen LogP contribution >= 0.6 is 0 Å². The summed E-state index contributed by atoms with van der Waals surface area (Å²) < 4.78 is 16.8. The van der Waals surface area contributed by atoms with Gasteiger partial charge in [0.1, 0.15) is 5.60 Å². The number of pyridine rings is 1. The maximum atomic E-state index is 13.1. The van der Waals surface area contributed by atoms with E-state index >= 15 is 0 Å². The average molecular weight is 401 g/mol.